The van der Waals surface area contributed by atoms with Gasteiger partial charge < -0.3 is 26.4 Å². The highest BCUT2D eigenvalue weighted by Gasteiger charge is 2.34. The molecule has 1 unspecified atom stereocenters. The van der Waals surface area contributed by atoms with Crippen LogP contribution in [0, 0.1) is 0 Å². The van der Waals surface area contributed by atoms with Crippen LogP contribution in [0.4, 0.5) is 11.4 Å². The molecular formula is C27H35N5O3. The lowest BCUT2D eigenvalue weighted by molar-refractivity contribution is -0.127. The van der Waals surface area contributed by atoms with Gasteiger partial charge in [0.25, 0.3) is 0 Å². The Balaban J connectivity index is 1.43. The number of para-hydroxylation sites is 2. The topological polar surface area (TPSA) is 111 Å². The molecule has 8 heteroatoms. The van der Waals surface area contributed by atoms with Crippen LogP contribution >= 0.6 is 0 Å². The standard InChI is InChI=1S/C27H35N5O3/c1-31-15-12-21(13-16-31)29-27(35)26(32-17-14-22(33)18-32)20-9-6-19(7-10-20)8-11-25(34)30-24-5-3-2-4-23(24)28/h2-11,21-22,26,33H,12-18,28H2,1H3,(H,29,35)(H,30,34)/b11-8+/t22-,26?/m0/s1. The second-order valence-electron chi connectivity index (χ2n) is 9.50. The Labute approximate surface area is 206 Å². The van der Waals surface area contributed by atoms with Crippen LogP contribution in [-0.2, 0) is 9.59 Å². The van der Waals surface area contributed by atoms with Crippen LogP contribution in [0.25, 0.3) is 6.08 Å². The van der Waals surface area contributed by atoms with Crippen molar-refractivity contribution in [3.05, 3.63) is 65.7 Å². The zero-order chi connectivity index (χ0) is 24.8. The zero-order valence-electron chi connectivity index (χ0n) is 20.2. The first-order valence-corrected chi connectivity index (χ1v) is 12.2. The van der Waals surface area contributed by atoms with Crippen molar-refractivity contribution in [2.75, 3.05) is 44.3 Å². The van der Waals surface area contributed by atoms with Gasteiger partial charge in [0.05, 0.1) is 17.5 Å². The van der Waals surface area contributed by atoms with Gasteiger partial charge in [0.2, 0.25) is 11.8 Å². The Morgan fingerprint density at radius 3 is 2.43 bits per heavy atom. The zero-order valence-corrected chi connectivity index (χ0v) is 20.2. The van der Waals surface area contributed by atoms with Gasteiger partial charge in [-0.05, 0) is 68.7 Å². The van der Waals surface area contributed by atoms with Crippen molar-refractivity contribution in [2.45, 2.75) is 37.5 Å². The lowest BCUT2D eigenvalue weighted by atomic mass is 10.0. The van der Waals surface area contributed by atoms with E-state index in [4.69, 9.17) is 5.73 Å². The Morgan fingerprint density at radius 2 is 1.77 bits per heavy atom. The molecule has 4 rings (SSSR count). The van der Waals surface area contributed by atoms with E-state index in [9.17, 15) is 14.7 Å². The number of likely N-dealkylation sites (tertiary alicyclic amines) is 2. The van der Waals surface area contributed by atoms with Crippen LogP contribution < -0.4 is 16.4 Å². The summed E-state index contributed by atoms with van der Waals surface area (Å²) in [5, 5.41) is 16.1. The van der Waals surface area contributed by atoms with Crippen LogP contribution in [0.3, 0.4) is 0 Å². The first kappa shape index (κ1) is 24.9. The number of nitrogens with zero attached hydrogens (tertiary/aromatic N) is 2. The molecule has 0 bridgehead atoms. The number of hydrogen-bond donors (Lipinski definition) is 4. The van der Waals surface area contributed by atoms with E-state index < -0.39 is 12.1 Å². The number of piperidine rings is 1. The van der Waals surface area contributed by atoms with Crippen LogP contribution in [0.5, 0.6) is 0 Å². The number of β-amino-alcohol motifs (C(OH)–C–C–N with tert-alkyl or cyclic N) is 1. The van der Waals surface area contributed by atoms with Crippen molar-refractivity contribution in [1.29, 1.82) is 0 Å². The number of nitrogens with two attached hydrogens (primary N) is 1. The number of aliphatic hydroxyl groups excluding tert-OH is 1. The molecule has 2 fully saturated rings. The molecule has 0 spiro atoms. The molecule has 2 aliphatic rings. The normalized spacial score (nSPS) is 20.7. The van der Waals surface area contributed by atoms with E-state index in [2.05, 4.69) is 27.5 Å². The number of hydrogen-bond acceptors (Lipinski definition) is 6. The monoisotopic (exact) mass is 477 g/mol. The van der Waals surface area contributed by atoms with E-state index in [1.165, 1.54) is 6.08 Å². The number of amides is 2. The number of aliphatic hydroxyl groups is 1. The minimum Gasteiger partial charge on any atom is -0.397 e. The van der Waals surface area contributed by atoms with Crippen LogP contribution in [0.2, 0.25) is 0 Å². The fraction of sp³-hybridized carbons (Fsp3) is 0.407. The number of anilines is 2. The summed E-state index contributed by atoms with van der Waals surface area (Å²) < 4.78 is 0. The molecule has 0 aliphatic carbocycles. The molecule has 35 heavy (non-hydrogen) atoms. The predicted octanol–water partition coefficient (Wildman–Crippen LogP) is 2.24. The van der Waals surface area contributed by atoms with E-state index in [1.54, 1.807) is 18.2 Å². The molecule has 0 aromatic heterocycles. The molecule has 2 heterocycles. The summed E-state index contributed by atoms with van der Waals surface area (Å²) in [6, 6.07) is 14.5. The van der Waals surface area contributed by atoms with Crippen molar-refractivity contribution in [3.63, 3.8) is 0 Å². The van der Waals surface area contributed by atoms with Gasteiger partial charge in [-0.3, -0.25) is 14.5 Å². The second kappa shape index (κ2) is 11.5. The van der Waals surface area contributed by atoms with E-state index in [1.807, 2.05) is 36.4 Å². The molecule has 2 aromatic carbocycles. The maximum atomic E-state index is 13.4. The largest absolute Gasteiger partial charge is 0.397 e. The summed E-state index contributed by atoms with van der Waals surface area (Å²) in [7, 11) is 2.10. The van der Waals surface area contributed by atoms with Crippen LogP contribution in [0.1, 0.15) is 36.4 Å². The summed E-state index contributed by atoms with van der Waals surface area (Å²) in [5.41, 5.74) is 8.69. The van der Waals surface area contributed by atoms with Crippen molar-refractivity contribution in [3.8, 4) is 0 Å². The molecule has 0 saturated carbocycles. The molecular weight excluding hydrogens is 442 g/mol. The number of nitrogen functional groups attached to an aromatic ring is 1. The average Bonchev–Trinajstić information content (AvgIpc) is 3.27. The Bertz CT molecular complexity index is 1050. The Hall–Kier alpha value is -3.20. The number of benzene rings is 2. The van der Waals surface area contributed by atoms with Gasteiger partial charge in [-0.1, -0.05) is 36.4 Å². The third kappa shape index (κ3) is 6.69. The second-order valence-corrected chi connectivity index (χ2v) is 9.50. The highest BCUT2D eigenvalue weighted by molar-refractivity contribution is 6.03. The number of carbonyl (C=O) groups is 2. The third-order valence-electron chi connectivity index (χ3n) is 6.77. The van der Waals surface area contributed by atoms with Gasteiger partial charge in [-0.2, -0.15) is 0 Å². The van der Waals surface area contributed by atoms with E-state index in [0.717, 1.165) is 37.1 Å². The van der Waals surface area contributed by atoms with Crippen LogP contribution in [0.15, 0.2) is 54.6 Å². The molecule has 2 saturated heterocycles. The SMILES string of the molecule is CN1CCC(NC(=O)C(c2ccc(/C=C/C(=O)Nc3ccccc3N)cc2)N2CC[C@H](O)C2)CC1. The summed E-state index contributed by atoms with van der Waals surface area (Å²) in [4.78, 5) is 30.0. The smallest absolute Gasteiger partial charge is 0.248 e. The molecule has 2 amide bonds. The van der Waals surface area contributed by atoms with Crippen LogP contribution in [-0.4, -0.2) is 72.1 Å². The molecule has 5 N–H and O–H groups in total. The van der Waals surface area contributed by atoms with Crippen molar-refractivity contribution in [1.82, 2.24) is 15.1 Å². The molecule has 186 valence electrons. The maximum Gasteiger partial charge on any atom is 0.248 e. The van der Waals surface area contributed by atoms with Gasteiger partial charge in [-0.15, -0.1) is 0 Å². The fourth-order valence-electron chi connectivity index (χ4n) is 4.71. The quantitative estimate of drug-likeness (QED) is 0.360. The summed E-state index contributed by atoms with van der Waals surface area (Å²) in [6.45, 7) is 3.11. The third-order valence-corrected chi connectivity index (χ3v) is 6.77. The first-order chi connectivity index (χ1) is 16.9. The molecule has 8 nitrogen and oxygen atoms in total. The number of rotatable bonds is 7. The highest BCUT2D eigenvalue weighted by Crippen LogP contribution is 2.27. The first-order valence-electron chi connectivity index (χ1n) is 12.2. The highest BCUT2D eigenvalue weighted by atomic mass is 16.3. The average molecular weight is 478 g/mol. The van der Waals surface area contributed by atoms with Crippen molar-refractivity contribution < 1.29 is 14.7 Å². The predicted molar refractivity (Wildman–Crippen MR) is 139 cm³/mol. The lowest BCUT2D eigenvalue weighted by Gasteiger charge is -2.33. The Kier molecular flexibility index (Phi) is 8.17. The molecule has 2 aromatic rings. The van der Waals surface area contributed by atoms with Gasteiger partial charge in [0.15, 0.2) is 0 Å². The van der Waals surface area contributed by atoms with Gasteiger partial charge in [0.1, 0.15) is 6.04 Å². The number of nitrogens with one attached hydrogen (secondary N) is 2. The minimum atomic E-state index is -0.450. The Morgan fingerprint density at radius 1 is 1.06 bits per heavy atom. The molecule has 0 radical (unpaired) electrons. The van der Waals surface area contributed by atoms with Crippen molar-refractivity contribution in [2.24, 2.45) is 0 Å². The summed E-state index contributed by atoms with van der Waals surface area (Å²) in [6.07, 6.45) is 5.33. The molecule has 2 aliphatic heterocycles. The van der Waals surface area contributed by atoms with Gasteiger partial charge in [0, 0.05) is 25.2 Å². The lowest BCUT2D eigenvalue weighted by Crippen LogP contribution is -2.47. The maximum absolute atomic E-state index is 13.4. The summed E-state index contributed by atoms with van der Waals surface area (Å²) >= 11 is 0. The minimum absolute atomic E-state index is 0.0169. The van der Waals surface area contributed by atoms with Gasteiger partial charge in [-0.25, -0.2) is 0 Å². The van der Waals surface area contributed by atoms with E-state index >= 15 is 0 Å². The molecule has 2 atom stereocenters. The van der Waals surface area contributed by atoms with Crippen molar-refractivity contribution >= 4 is 29.3 Å². The summed E-state index contributed by atoms with van der Waals surface area (Å²) in [5.74, 6) is -0.287. The fourth-order valence-corrected chi connectivity index (χ4v) is 4.71. The number of carbonyl (C=O) groups excluding carboxylic acids is 2. The van der Waals surface area contributed by atoms with E-state index in [0.29, 0.717) is 30.9 Å². The van der Waals surface area contributed by atoms with E-state index in [-0.39, 0.29) is 17.9 Å². The van der Waals surface area contributed by atoms with Gasteiger partial charge >= 0.3 is 0 Å².